The highest BCUT2D eigenvalue weighted by molar-refractivity contribution is 5.93. The minimum absolute atomic E-state index is 0.0683. The lowest BCUT2D eigenvalue weighted by Gasteiger charge is -2.21. The molecule has 0 aliphatic heterocycles. The van der Waals surface area contributed by atoms with Crippen molar-refractivity contribution in [2.24, 2.45) is 0 Å². The summed E-state index contributed by atoms with van der Waals surface area (Å²) in [5, 5.41) is 14.0. The molecule has 0 radical (unpaired) electrons. The van der Waals surface area contributed by atoms with E-state index >= 15 is 0 Å². The lowest BCUT2D eigenvalue weighted by atomic mass is 10.1. The Morgan fingerprint density at radius 1 is 1.19 bits per heavy atom. The van der Waals surface area contributed by atoms with E-state index < -0.39 is 4.92 Å². The van der Waals surface area contributed by atoms with Crippen LogP contribution in [-0.4, -0.2) is 35.9 Å². The van der Waals surface area contributed by atoms with Crippen LogP contribution in [-0.2, 0) is 11.3 Å². The molecule has 0 spiro atoms. The molecule has 1 N–H and O–H groups in total. The first-order chi connectivity index (χ1) is 12.5. The number of para-hydroxylation sites is 3. The molecule has 0 aliphatic rings. The molecule has 7 nitrogen and oxygen atoms in total. The first-order valence-corrected chi connectivity index (χ1v) is 8.42. The molecule has 0 saturated heterocycles. The average Bonchev–Trinajstić information content (AvgIpc) is 2.62. The number of nitrogens with one attached hydrogen (secondary N) is 1. The van der Waals surface area contributed by atoms with Crippen LogP contribution >= 0.6 is 0 Å². The molecule has 2 rings (SSSR count). The molecule has 0 unspecified atom stereocenters. The van der Waals surface area contributed by atoms with Crippen molar-refractivity contribution in [3.05, 3.63) is 64.2 Å². The highest BCUT2D eigenvalue weighted by Crippen LogP contribution is 2.23. The smallest absolute Gasteiger partial charge is 0.273 e. The number of ether oxygens (including phenoxy) is 1. The quantitative estimate of drug-likeness (QED) is 0.549. The fourth-order valence-corrected chi connectivity index (χ4v) is 2.73. The van der Waals surface area contributed by atoms with Crippen LogP contribution in [0.3, 0.4) is 0 Å². The number of anilines is 1. The second-order valence-electron chi connectivity index (χ2n) is 5.84. The lowest BCUT2D eigenvalue weighted by Crippen LogP contribution is -2.33. The number of benzene rings is 2. The molecule has 0 atom stereocenters. The fraction of sp³-hybridized carbons (Fsp3) is 0.316. The van der Waals surface area contributed by atoms with Gasteiger partial charge in [-0.15, -0.1) is 0 Å². The van der Waals surface area contributed by atoms with Crippen molar-refractivity contribution in [3.8, 4) is 5.75 Å². The Morgan fingerprint density at radius 2 is 1.88 bits per heavy atom. The Bertz CT molecular complexity index is 764. The van der Waals surface area contributed by atoms with E-state index in [4.69, 9.17) is 4.74 Å². The molecular formula is C19H23N3O4. The van der Waals surface area contributed by atoms with Crippen LogP contribution in [0.1, 0.15) is 18.9 Å². The van der Waals surface area contributed by atoms with Gasteiger partial charge in [0.25, 0.3) is 5.69 Å². The summed E-state index contributed by atoms with van der Waals surface area (Å²) in [7, 11) is 1.54. The predicted molar refractivity (Wildman–Crippen MR) is 100 cm³/mol. The standard InChI is InChI=1S/C19H23N3O4/c1-3-12-21(13-15-8-4-6-10-17(15)22(24)25)14-19(23)20-16-9-5-7-11-18(16)26-2/h4-11H,3,12-14H2,1-2H3,(H,20,23). The molecule has 1 amide bonds. The van der Waals surface area contributed by atoms with Crippen molar-refractivity contribution in [1.82, 2.24) is 4.90 Å². The van der Waals surface area contributed by atoms with Gasteiger partial charge >= 0.3 is 0 Å². The SMILES string of the molecule is CCCN(CC(=O)Nc1ccccc1OC)Cc1ccccc1[N+](=O)[O-]. The third-order valence-corrected chi connectivity index (χ3v) is 3.87. The van der Waals surface area contributed by atoms with E-state index in [0.717, 1.165) is 6.42 Å². The number of nitro groups is 1. The Kier molecular flexibility index (Phi) is 7.11. The summed E-state index contributed by atoms with van der Waals surface area (Å²) in [5.74, 6) is 0.392. The van der Waals surface area contributed by atoms with Gasteiger partial charge < -0.3 is 10.1 Å². The summed E-state index contributed by atoms with van der Waals surface area (Å²) in [6, 6.07) is 13.8. The van der Waals surface area contributed by atoms with Gasteiger partial charge in [-0.05, 0) is 25.1 Å². The summed E-state index contributed by atoms with van der Waals surface area (Å²) in [6.07, 6.45) is 0.836. The Balaban J connectivity index is 2.08. The van der Waals surface area contributed by atoms with Gasteiger partial charge in [-0.2, -0.15) is 0 Å². The minimum Gasteiger partial charge on any atom is -0.495 e. The number of hydrogen-bond acceptors (Lipinski definition) is 5. The normalized spacial score (nSPS) is 10.6. The zero-order chi connectivity index (χ0) is 18.9. The van der Waals surface area contributed by atoms with Crippen molar-refractivity contribution in [3.63, 3.8) is 0 Å². The van der Waals surface area contributed by atoms with Crippen molar-refractivity contribution >= 4 is 17.3 Å². The first kappa shape index (κ1) is 19.4. The number of rotatable bonds is 9. The number of amides is 1. The molecule has 2 aromatic rings. The lowest BCUT2D eigenvalue weighted by molar-refractivity contribution is -0.385. The van der Waals surface area contributed by atoms with Gasteiger partial charge in [0, 0.05) is 18.2 Å². The molecule has 0 heterocycles. The van der Waals surface area contributed by atoms with E-state index in [0.29, 0.717) is 30.1 Å². The topological polar surface area (TPSA) is 84.7 Å². The fourth-order valence-electron chi connectivity index (χ4n) is 2.73. The second-order valence-corrected chi connectivity index (χ2v) is 5.84. The van der Waals surface area contributed by atoms with Gasteiger partial charge in [0.15, 0.2) is 0 Å². The van der Waals surface area contributed by atoms with E-state index in [1.165, 1.54) is 6.07 Å². The zero-order valence-corrected chi connectivity index (χ0v) is 15.0. The van der Waals surface area contributed by atoms with Crippen LogP contribution in [0, 0.1) is 10.1 Å². The number of nitrogens with zero attached hydrogens (tertiary/aromatic N) is 2. The van der Waals surface area contributed by atoms with Crippen molar-refractivity contribution in [2.75, 3.05) is 25.5 Å². The van der Waals surface area contributed by atoms with E-state index in [1.807, 2.05) is 24.0 Å². The van der Waals surface area contributed by atoms with Gasteiger partial charge in [-0.25, -0.2) is 0 Å². The summed E-state index contributed by atoms with van der Waals surface area (Å²) >= 11 is 0. The van der Waals surface area contributed by atoms with Crippen LogP contribution in [0.4, 0.5) is 11.4 Å². The molecule has 0 fully saturated rings. The maximum Gasteiger partial charge on any atom is 0.273 e. The van der Waals surface area contributed by atoms with Gasteiger partial charge in [0.1, 0.15) is 5.75 Å². The highest BCUT2D eigenvalue weighted by Gasteiger charge is 2.18. The highest BCUT2D eigenvalue weighted by atomic mass is 16.6. The Labute approximate surface area is 152 Å². The third kappa shape index (κ3) is 5.29. The van der Waals surface area contributed by atoms with Crippen LogP contribution in [0.5, 0.6) is 5.75 Å². The summed E-state index contributed by atoms with van der Waals surface area (Å²) in [6.45, 7) is 3.14. The van der Waals surface area contributed by atoms with Crippen molar-refractivity contribution in [2.45, 2.75) is 19.9 Å². The van der Waals surface area contributed by atoms with Gasteiger partial charge in [0.05, 0.1) is 24.3 Å². The molecule has 0 saturated carbocycles. The largest absolute Gasteiger partial charge is 0.495 e. The summed E-state index contributed by atoms with van der Waals surface area (Å²) < 4.78 is 5.23. The molecular weight excluding hydrogens is 334 g/mol. The van der Waals surface area contributed by atoms with E-state index in [2.05, 4.69) is 5.32 Å². The Hall–Kier alpha value is -2.93. The van der Waals surface area contributed by atoms with E-state index in [1.54, 1.807) is 37.4 Å². The number of nitro benzene ring substituents is 1. The zero-order valence-electron chi connectivity index (χ0n) is 15.0. The third-order valence-electron chi connectivity index (χ3n) is 3.87. The molecule has 2 aromatic carbocycles. The first-order valence-electron chi connectivity index (χ1n) is 8.42. The van der Waals surface area contributed by atoms with E-state index in [9.17, 15) is 14.9 Å². The number of methoxy groups -OCH3 is 1. The predicted octanol–water partition coefficient (Wildman–Crippen LogP) is 3.45. The van der Waals surface area contributed by atoms with Crippen LogP contribution in [0.15, 0.2) is 48.5 Å². The van der Waals surface area contributed by atoms with Crippen LogP contribution in [0.2, 0.25) is 0 Å². The molecule has 0 aromatic heterocycles. The molecule has 138 valence electrons. The summed E-state index contributed by atoms with van der Waals surface area (Å²) in [4.78, 5) is 25.1. The second kappa shape index (κ2) is 9.53. The Morgan fingerprint density at radius 3 is 2.58 bits per heavy atom. The maximum atomic E-state index is 12.4. The maximum absolute atomic E-state index is 12.4. The number of carbonyl (C=O) groups is 1. The average molecular weight is 357 g/mol. The van der Waals surface area contributed by atoms with Gasteiger partial charge in [0.2, 0.25) is 5.91 Å². The van der Waals surface area contributed by atoms with Gasteiger partial charge in [-0.3, -0.25) is 19.8 Å². The molecule has 7 heteroatoms. The van der Waals surface area contributed by atoms with Gasteiger partial charge in [-0.1, -0.05) is 37.3 Å². The number of carbonyl (C=O) groups excluding carboxylic acids is 1. The van der Waals surface area contributed by atoms with Crippen LogP contribution in [0.25, 0.3) is 0 Å². The van der Waals surface area contributed by atoms with Crippen molar-refractivity contribution in [1.29, 1.82) is 0 Å². The monoisotopic (exact) mass is 357 g/mol. The van der Waals surface area contributed by atoms with E-state index in [-0.39, 0.29) is 18.1 Å². The van der Waals surface area contributed by atoms with Crippen molar-refractivity contribution < 1.29 is 14.5 Å². The van der Waals surface area contributed by atoms with Crippen LogP contribution < -0.4 is 10.1 Å². The molecule has 26 heavy (non-hydrogen) atoms. The number of hydrogen-bond donors (Lipinski definition) is 1. The molecule has 0 aliphatic carbocycles. The minimum atomic E-state index is -0.394. The molecule has 0 bridgehead atoms. The summed E-state index contributed by atoms with van der Waals surface area (Å²) in [5.41, 5.74) is 1.26.